The second-order valence-corrected chi connectivity index (χ2v) is 5.00. The van der Waals surface area contributed by atoms with Gasteiger partial charge in [-0.2, -0.15) is 5.10 Å². The van der Waals surface area contributed by atoms with Gasteiger partial charge in [0, 0.05) is 11.4 Å². The zero-order valence-corrected chi connectivity index (χ0v) is 11.1. The largest absolute Gasteiger partial charge is 0.449 e. The molecule has 0 saturated heterocycles. The maximum atomic E-state index is 12.0. The van der Waals surface area contributed by atoms with Crippen molar-refractivity contribution in [2.24, 2.45) is 0 Å². The molecule has 2 N–H and O–H groups in total. The Morgan fingerprint density at radius 3 is 3.00 bits per heavy atom. The highest BCUT2D eigenvalue weighted by Crippen LogP contribution is 2.19. The number of aromatic amines is 1. The Balaban J connectivity index is 1.66. The van der Waals surface area contributed by atoms with E-state index in [2.05, 4.69) is 15.5 Å². The zero-order chi connectivity index (χ0) is 14.1. The van der Waals surface area contributed by atoms with Gasteiger partial charge in [0.15, 0.2) is 6.10 Å². The molecule has 104 valence electrons. The Kier molecular flexibility index (Phi) is 3.14. The summed E-state index contributed by atoms with van der Waals surface area (Å²) in [6.45, 7) is 1.57. The number of aromatic nitrogens is 2. The number of esters is 1. The van der Waals surface area contributed by atoms with Crippen LogP contribution in [0.5, 0.6) is 0 Å². The first-order valence-electron chi connectivity index (χ1n) is 6.58. The van der Waals surface area contributed by atoms with E-state index in [4.69, 9.17) is 4.74 Å². The van der Waals surface area contributed by atoms with Crippen molar-refractivity contribution in [3.05, 3.63) is 30.0 Å². The van der Waals surface area contributed by atoms with Crippen molar-refractivity contribution in [2.75, 3.05) is 0 Å². The van der Waals surface area contributed by atoms with E-state index in [-0.39, 0.29) is 11.9 Å². The Morgan fingerprint density at radius 1 is 1.45 bits per heavy atom. The minimum atomic E-state index is -0.791. The fourth-order valence-corrected chi connectivity index (χ4v) is 1.89. The van der Waals surface area contributed by atoms with E-state index in [0.29, 0.717) is 5.56 Å². The van der Waals surface area contributed by atoms with Crippen LogP contribution < -0.4 is 5.32 Å². The number of H-pyrrole nitrogens is 1. The van der Waals surface area contributed by atoms with E-state index in [9.17, 15) is 9.59 Å². The number of hydrogen-bond acceptors (Lipinski definition) is 4. The second-order valence-electron chi connectivity index (χ2n) is 5.00. The molecule has 6 nitrogen and oxygen atoms in total. The number of carbonyl (C=O) groups is 2. The van der Waals surface area contributed by atoms with Gasteiger partial charge in [0.05, 0.1) is 17.3 Å². The number of hydrogen-bond donors (Lipinski definition) is 2. The normalized spacial score (nSPS) is 15.8. The smallest absolute Gasteiger partial charge is 0.338 e. The maximum Gasteiger partial charge on any atom is 0.338 e. The van der Waals surface area contributed by atoms with Crippen LogP contribution in [0.3, 0.4) is 0 Å². The highest BCUT2D eigenvalue weighted by molar-refractivity contribution is 5.95. The van der Waals surface area contributed by atoms with E-state index < -0.39 is 12.1 Å². The van der Waals surface area contributed by atoms with Gasteiger partial charge in [-0.15, -0.1) is 0 Å². The molecule has 20 heavy (non-hydrogen) atoms. The summed E-state index contributed by atoms with van der Waals surface area (Å²) in [4.78, 5) is 23.7. The van der Waals surface area contributed by atoms with Crippen molar-refractivity contribution in [3.63, 3.8) is 0 Å². The Bertz CT molecular complexity index is 660. The summed E-state index contributed by atoms with van der Waals surface area (Å²) in [7, 11) is 0. The third-order valence-corrected chi connectivity index (χ3v) is 3.25. The van der Waals surface area contributed by atoms with Crippen LogP contribution in [0.1, 0.15) is 30.1 Å². The predicted molar refractivity (Wildman–Crippen MR) is 72.1 cm³/mol. The Labute approximate surface area is 115 Å². The minimum Gasteiger partial charge on any atom is -0.449 e. The molecule has 1 amide bonds. The summed E-state index contributed by atoms with van der Waals surface area (Å²) < 4.78 is 5.17. The van der Waals surface area contributed by atoms with Crippen LogP contribution in [0.25, 0.3) is 10.9 Å². The highest BCUT2D eigenvalue weighted by Gasteiger charge is 2.27. The van der Waals surface area contributed by atoms with Crippen molar-refractivity contribution in [2.45, 2.75) is 31.9 Å². The molecule has 2 aromatic rings. The molecule has 1 heterocycles. The lowest BCUT2D eigenvalue weighted by Gasteiger charge is -2.13. The third-order valence-electron chi connectivity index (χ3n) is 3.25. The van der Waals surface area contributed by atoms with Crippen LogP contribution >= 0.6 is 0 Å². The monoisotopic (exact) mass is 273 g/mol. The molecule has 1 aliphatic carbocycles. The number of fused-ring (bicyclic) bond motifs is 1. The SMILES string of the molecule is C[C@H](OC(=O)c1ccc2cn[nH]c2c1)C(=O)NC1CC1. The van der Waals surface area contributed by atoms with Gasteiger partial charge >= 0.3 is 5.97 Å². The van der Waals surface area contributed by atoms with Gasteiger partial charge in [-0.25, -0.2) is 4.79 Å². The molecular formula is C14H15N3O3. The van der Waals surface area contributed by atoms with E-state index >= 15 is 0 Å². The third kappa shape index (κ3) is 2.64. The summed E-state index contributed by atoms with van der Waals surface area (Å²) in [5, 5.41) is 10.4. The first-order chi connectivity index (χ1) is 9.63. The van der Waals surface area contributed by atoms with Gasteiger partial charge in [0.25, 0.3) is 5.91 Å². The quantitative estimate of drug-likeness (QED) is 0.824. The topological polar surface area (TPSA) is 84.1 Å². The van der Waals surface area contributed by atoms with E-state index in [1.165, 1.54) is 0 Å². The van der Waals surface area contributed by atoms with Crippen LogP contribution in [0.15, 0.2) is 24.4 Å². The van der Waals surface area contributed by atoms with Crippen molar-refractivity contribution >= 4 is 22.8 Å². The van der Waals surface area contributed by atoms with Gasteiger partial charge in [0.2, 0.25) is 0 Å². The lowest BCUT2D eigenvalue weighted by molar-refractivity contribution is -0.129. The number of benzene rings is 1. The summed E-state index contributed by atoms with van der Waals surface area (Å²) in [5.41, 5.74) is 1.15. The van der Waals surface area contributed by atoms with Crippen LogP contribution in [0.2, 0.25) is 0 Å². The summed E-state index contributed by atoms with van der Waals surface area (Å²) in [5.74, 6) is -0.761. The van der Waals surface area contributed by atoms with Crippen molar-refractivity contribution < 1.29 is 14.3 Å². The van der Waals surface area contributed by atoms with Crippen LogP contribution in [-0.4, -0.2) is 34.2 Å². The van der Waals surface area contributed by atoms with Gasteiger partial charge in [-0.05, 0) is 31.9 Å². The van der Waals surface area contributed by atoms with E-state index in [1.807, 2.05) is 0 Å². The average Bonchev–Trinajstić information content (AvgIpc) is 3.12. The molecule has 1 fully saturated rings. The molecule has 3 rings (SSSR count). The molecule has 0 aliphatic heterocycles. The molecule has 0 spiro atoms. The number of rotatable bonds is 4. The van der Waals surface area contributed by atoms with Crippen molar-refractivity contribution in [3.8, 4) is 0 Å². The van der Waals surface area contributed by atoms with Gasteiger partial charge in [-0.1, -0.05) is 6.07 Å². The molecule has 6 heteroatoms. The lowest BCUT2D eigenvalue weighted by atomic mass is 10.2. The van der Waals surface area contributed by atoms with Crippen LogP contribution in [0, 0.1) is 0 Å². The summed E-state index contributed by atoms with van der Waals surface area (Å²) in [6.07, 6.45) is 2.89. The molecule has 0 bridgehead atoms. The number of carbonyl (C=O) groups excluding carboxylic acids is 2. The molecule has 1 aromatic carbocycles. The molecule has 0 radical (unpaired) electrons. The summed E-state index contributed by atoms with van der Waals surface area (Å²) in [6, 6.07) is 5.36. The summed E-state index contributed by atoms with van der Waals surface area (Å²) >= 11 is 0. The standard InChI is InChI=1S/C14H15N3O3/c1-8(13(18)16-11-4-5-11)20-14(19)9-2-3-10-7-15-17-12(10)6-9/h2-3,6-8,11H,4-5H2,1H3,(H,15,17)(H,16,18)/t8-/m0/s1. The van der Waals surface area contributed by atoms with Crippen LogP contribution in [0.4, 0.5) is 0 Å². The van der Waals surface area contributed by atoms with Crippen LogP contribution in [-0.2, 0) is 9.53 Å². The number of ether oxygens (including phenoxy) is 1. The van der Waals surface area contributed by atoms with E-state index in [1.54, 1.807) is 31.3 Å². The molecule has 1 aromatic heterocycles. The van der Waals surface area contributed by atoms with Crippen molar-refractivity contribution in [1.82, 2.24) is 15.5 Å². The Morgan fingerprint density at radius 2 is 2.25 bits per heavy atom. The predicted octanol–water partition coefficient (Wildman–Crippen LogP) is 1.39. The molecule has 1 aliphatic rings. The molecular weight excluding hydrogens is 258 g/mol. The molecule has 0 unspecified atom stereocenters. The van der Waals surface area contributed by atoms with Gasteiger partial charge in [0.1, 0.15) is 0 Å². The number of amides is 1. The maximum absolute atomic E-state index is 12.0. The zero-order valence-electron chi connectivity index (χ0n) is 11.1. The Hall–Kier alpha value is -2.37. The molecule has 1 atom stereocenters. The first-order valence-corrected chi connectivity index (χ1v) is 6.58. The van der Waals surface area contributed by atoms with Gasteiger partial charge in [-0.3, -0.25) is 9.89 Å². The average molecular weight is 273 g/mol. The lowest BCUT2D eigenvalue weighted by Crippen LogP contribution is -2.37. The molecule has 1 saturated carbocycles. The fraction of sp³-hybridized carbons (Fsp3) is 0.357. The van der Waals surface area contributed by atoms with Gasteiger partial charge < -0.3 is 10.1 Å². The first kappa shape index (κ1) is 12.7. The fourth-order valence-electron chi connectivity index (χ4n) is 1.89. The number of nitrogens with one attached hydrogen (secondary N) is 2. The number of nitrogens with zero attached hydrogens (tertiary/aromatic N) is 1. The second kappa shape index (κ2) is 4.96. The minimum absolute atomic E-state index is 0.247. The van der Waals surface area contributed by atoms with E-state index in [0.717, 1.165) is 23.7 Å². The highest BCUT2D eigenvalue weighted by atomic mass is 16.5. The van der Waals surface area contributed by atoms with Crippen molar-refractivity contribution in [1.29, 1.82) is 0 Å².